The quantitative estimate of drug-likeness (QED) is 0.746. The molecule has 21 heavy (non-hydrogen) atoms. The van der Waals surface area contributed by atoms with E-state index in [1.807, 2.05) is 13.0 Å². The largest absolute Gasteiger partial charge is 0.337 e. The van der Waals surface area contributed by atoms with Gasteiger partial charge in [0, 0.05) is 16.3 Å². The summed E-state index contributed by atoms with van der Waals surface area (Å²) in [6.45, 7) is 1.89. The summed E-state index contributed by atoms with van der Waals surface area (Å²) in [7, 11) is 0. The Morgan fingerprint density at radius 2 is 1.71 bits per heavy atom. The summed E-state index contributed by atoms with van der Waals surface area (Å²) in [6, 6.07) is 13.1. The Kier molecular flexibility index (Phi) is 4.79. The second-order valence-corrected chi connectivity index (χ2v) is 4.85. The number of amides is 3. The number of rotatable bonds is 2. The fourth-order valence-electron chi connectivity index (χ4n) is 1.67. The molecule has 0 fully saturated rings. The summed E-state index contributed by atoms with van der Waals surface area (Å²) in [5, 5.41) is 3.14. The van der Waals surface area contributed by atoms with Gasteiger partial charge in [-0.2, -0.15) is 0 Å². The molecular weight excluding hydrogens is 290 g/mol. The SMILES string of the molecule is Cc1cccc(C(=O)NNC(=O)Nc2ccc(Cl)cc2)c1. The number of aryl methyl sites for hydroxylation is 1. The van der Waals surface area contributed by atoms with Gasteiger partial charge >= 0.3 is 6.03 Å². The first-order valence-electron chi connectivity index (χ1n) is 6.24. The summed E-state index contributed by atoms with van der Waals surface area (Å²) in [4.78, 5) is 23.5. The van der Waals surface area contributed by atoms with Crippen molar-refractivity contribution in [2.24, 2.45) is 0 Å². The van der Waals surface area contributed by atoms with Gasteiger partial charge in [0.2, 0.25) is 0 Å². The van der Waals surface area contributed by atoms with Crippen LogP contribution in [-0.2, 0) is 0 Å². The van der Waals surface area contributed by atoms with Gasteiger partial charge in [-0.05, 0) is 43.3 Å². The third-order valence-corrected chi connectivity index (χ3v) is 2.92. The number of benzene rings is 2. The van der Waals surface area contributed by atoms with Crippen molar-refractivity contribution in [2.45, 2.75) is 6.92 Å². The molecule has 0 bridgehead atoms. The molecule has 0 saturated carbocycles. The van der Waals surface area contributed by atoms with Crippen LogP contribution in [0.5, 0.6) is 0 Å². The van der Waals surface area contributed by atoms with Crippen LogP contribution in [0.1, 0.15) is 15.9 Å². The fourth-order valence-corrected chi connectivity index (χ4v) is 1.79. The van der Waals surface area contributed by atoms with Crippen molar-refractivity contribution in [1.82, 2.24) is 10.9 Å². The van der Waals surface area contributed by atoms with E-state index < -0.39 is 6.03 Å². The molecule has 3 N–H and O–H groups in total. The zero-order chi connectivity index (χ0) is 15.2. The first kappa shape index (κ1) is 14.9. The lowest BCUT2D eigenvalue weighted by atomic mass is 10.1. The van der Waals surface area contributed by atoms with Crippen LogP contribution in [0.4, 0.5) is 10.5 Å². The number of nitrogens with one attached hydrogen (secondary N) is 3. The van der Waals surface area contributed by atoms with Crippen LogP contribution in [0.25, 0.3) is 0 Å². The summed E-state index contributed by atoms with van der Waals surface area (Å²) in [6.07, 6.45) is 0. The Hall–Kier alpha value is -2.53. The molecule has 2 rings (SSSR count). The van der Waals surface area contributed by atoms with Crippen molar-refractivity contribution in [1.29, 1.82) is 0 Å². The highest BCUT2D eigenvalue weighted by Crippen LogP contribution is 2.12. The molecule has 5 nitrogen and oxygen atoms in total. The Bertz CT molecular complexity index is 656. The molecule has 3 amide bonds. The van der Waals surface area contributed by atoms with E-state index in [1.54, 1.807) is 42.5 Å². The lowest BCUT2D eigenvalue weighted by Crippen LogP contribution is -2.43. The van der Waals surface area contributed by atoms with E-state index in [0.29, 0.717) is 16.3 Å². The van der Waals surface area contributed by atoms with Crippen LogP contribution in [0.15, 0.2) is 48.5 Å². The van der Waals surface area contributed by atoms with E-state index in [9.17, 15) is 9.59 Å². The van der Waals surface area contributed by atoms with E-state index in [0.717, 1.165) is 5.56 Å². The van der Waals surface area contributed by atoms with Crippen LogP contribution in [0.3, 0.4) is 0 Å². The Labute approximate surface area is 127 Å². The van der Waals surface area contributed by atoms with E-state index >= 15 is 0 Å². The topological polar surface area (TPSA) is 70.2 Å². The molecule has 2 aromatic carbocycles. The molecule has 0 aromatic heterocycles. The number of hydrazine groups is 1. The number of halogens is 1. The van der Waals surface area contributed by atoms with Crippen LogP contribution >= 0.6 is 11.6 Å². The van der Waals surface area contributed by atoms with Crippen molar-refractivity contribution in [3.8, 4) is 0 Å². The highest BCUT2D eigenvalue weighted by molar-refractivity contribution is 6.30. The van der Waals surface area contributed by atoms with E-state index in [-0.39, 0.29) is 5.91 Å². The van der Waals surface area contributed by atoms with E-state index in [1.165, 1.54) is 0 Å². The maximum absolute atomic E-state index is 11.8. The van der Waals surface area contributed by atoms with Gasteiger partial charge in [-0.1, -0.05) is 29.3 Å². The predicted molar refractivity (Wildman–Crippen MR) is 82.3 cm³/mol. The van der Waals surface area contributed by atoms with Crippen molar-refractivity contribution in [2.75, 3.05) is 5.32 Å². The molecule has 0 saturated heterocycles. The van der Waals surface area contributed by atoms with Crippen LogP contribution in [-0.4, -0.2) is 11.9 Å². The minimum Gasteiger partial charge on any atom is -0.307 e. The van der Waals surface area contributed by atoms with Crippen molar-refractivity contribution in [3.05, 3.63) is 64.7 Å². The standard InChI is InChI=1S/C15H14ClN3O2/c1-10-3-2-4-11(9-10)14(20)18-19-15(21)17-13-7-5-12(16)6-8-13/h2-9H,1H3,(H,18,20)(H2,17,19,21). The summed E-state index contributed by atoms with van der Waals surface area (Å²) >= 11 is 5.75. The monoisotopic (exact) mass is 303 g/mol. The van der Waals surface area contributed by atoms with Crippen molar-refractivity contribution in [3.63, 3.8) is 0 Å². The molecular formula is C15H14ClN3O2. The Balaban J connectivity index is 1.86. The van der Waals surface area contributed by atoms with Gasteiger partial charge in [-0.15, -0.1) is 0 Å². The molecule has 0 unspecified atom stereocenters. The third kappa shape index (κ3) is 4.50. The molecule has 0 heterocycles. The average molecular weight is 304 g/mol. The zero-order valence-electron chi connectivity index (χ0n) is 11.3. The molecule has 0 radical (unpaired) electrons. The first-order valence-corrected chi connectivity index (χ1v) is 6.62. The number of hydrogen-bond donors (Lipinski definition) is 3. The minimum absolute atomic E-state index is 0.384. The van der Waals surface area contributed by atoms with Gasteiger partial charge in [0.15, 0.2) is 0 Å². The number of urea groups is 1. The molecule has 0 aliphatic carbocycles. The van der Waals surface area contributed by atoms with E-state index in [4.69, 9.17) is 11.6 Å². The predicted octanol–water partition coefficient (Wildman–Crippen LogP) is 3.11. The number of anilines is 1. The van der Waals surface area contributed by atoms with Gasteiger partial charge in [-0.25, -0.2) is 10.2 Å². The number of hydrogen-bond acceptors (Lipinski definition) is 2. The Morgan fingerprint density at radius 3 is 2.38 bits per heavy atom. The molecule has 0 aliphatic rings. The summed E-state index contributed by atoms with van der Waals surface area (Å²) < 4.78 is 0. The lowest BCUT2D eigenvalue weighted by Gasteiger charge is -2.09. The minimum atomic E-state index is -0.543. The van der Waals surface area contributed by atoms with Crippen LogP contribution in [0.2, 0.25) is 5.02 Å². The molecule has 0 atom stereocenters. The summed E-state index contributed by atoms with van der Waals surface area (Å²) in [5.41, 5.74) is 6.62. The molecule has 108 valence electrons. The van der Waals surface area contributed by atoms with Gasteiger partial charge in [0.25, 0.3) is 5.91 Å². The summed E-state index contributed by atoms with van der Waals surface area (Å²) in [5.74, 6) is -0.384. The lowest BCUT2D eigenvalue weighted by molar-refractivity contribution is 0.0938. The number of carbonyl (C=O) groups excluding carboxylic acids is 2. The molecule has 0 spiro atoms. The smallest absolute Gasteiger partial charge is 0.307 e. The fraction of sp³-hybridized carbons (Fsp3) is 0.0667. The molecule has 2 aromatic rings. The average Bonchev–Trinajstić information content (AvgIpc) is 2.47. The van der Waals surface area contributed by atoms with Crippen LogP contribution < -0.4 is 16.2 Å². The number of carbonyl (C=O) groups is 2. The second kappa shape index (κ2) is 6.76. The molecule has 0 aliphatic heterocycles. The first-order chi connectivity index (χ1) is 10.0. The Morgan fingerprint density at radius 1 is 1.00 bits per heavy atom. The van der Waals surface area contributed by atoms with Crippen LogP contribution in [0, 0.1) is 6.92 Å². The maximum Gasteiger partial charge on any atom is 0.337 e. The van der Waals surface area contributed by atoms with Gasteiger partial charge in [-0.3, -0.25) is 10.2 Å². The third-order valence-electron chi connectivity index (χ3n) is 2.67. The van der Waals surface area contributed by atoms with Crippen molar-refractivity contribution < 1.29 is 9.59 Å². The van der Waals surface area contributed by atoms with Gasteiger partial charge in [0.1, 0.15) is 0 Å². The second-order valence-electron chi connectivity index (χ2n) is 4.41. The molecule has 6 heteroatoms. The normalized spacial score (nSPS) is 9.81. The highest BCUT2D eigenvalue weighted by atomic mass is 35.5. The maximum atomic E-state index is 11.8. The van der Waals surface area contributed by atoms with Crippen molar-refractivity contribution >= 4 is 29.2 Å². The van der Waals surface area contributed by atoms with E-state index in [2.05, 4.69) is 16.2 Å². The zero-order valence-corrected chi connectivity index (χ0v) is 12.1. The van der Waals surface area contributed by atoms with Gasteiger partial charge in [0.05, 0.1) is 0 Å². The van der Waals surface area contributed by atoms with Gasteiger partial charge < -0.3 is 5.32 Å². The highest BCUT2D eigenvalue weighted by Gasteiger charge is 2.07.